The Morgan fingerprint density at radius 1 is 1.11 bits per heavy atom. The molecule has 11 heteroatoms. The van der Waals surface area contributed by atoms with Gasteiger partial charge < -0.3 is 19.4 Å². The monoisotopic (exact) mass is 583 g/mol. The number of nitrogens with one attached hydrogen (secondary N) is 1. The first kappa shape index (κ1) is 28.6. The highest BCUT2D eigenvalue weighted by atomic mass is 35.6. The van der Waals surface area contributed by atoms with E-state index in [0.717, 1.165) is 27.7 Å². The number of fused-ring (bicyclic) bond motifs is 3. The van der Waals surface area contributed by atoms with Gasteiger partial charge in [-0.1, -0.05) is 64.7 Å². The van der Waals surface area contributed by atoms with Gasteiger partial charge in [-0.3, -0.25) is 9.69 Å². The average Bonchev–Trinajstić information content (AvgIpc) is 3.46. The zero-order valence-electron chi connectivity index (χ0n) is 22.0. The van der Waals surface area contributed by atoms with Crippen molar-refractivity contribution in [3.63, 3.8) is 0 Å². The molecule has 1 aromatic carbocycles. The van der Waals surface area contributed by atoms with Crippen molar-refractivity contribution in [1.82, 2.24) is 14.8 Å². The van der Waals surface area contributed by atoms with Crippen LogP contribution < -0.4 is 0 Å². The van der Waals surface area contributed by atoms with Gasteiger partial charge in [-0.2, -0.15) is 0 Å². The van der Waals surface area contributed by atoms with E-state index in [4.69, 9.17) is 44.3 Å². The molecule has 8 nitrogen and oxygen atoms in total. The molecule has 0 bridgehead atoms. The third-order valence-electron chi connectivity index (χ3n) is 7.20. The van der Waals surface area contributed by atoms with Crippen LogP contribution in [0.15, 0.2) is 35.9 Å². The minimum Gasteiger partial charge on any atom is -0.467 e. The summed E-state index contributed by atoms with van der Waals surface area (Å²) >= 11 is 18.4. The van der Waals surface area contributed by atoms with E-state index < -0.39 is 39.6 Å². The van der Waals surface area contributed by atoms with Gasteiger partial charge in [0, 0.05) is 29.6 Å². The number of ether oxygens (including phenoxy) is 2. The summed E-state index contributed by atoms with van der Waals surface area (Å²) in [5.74, 6) is -0.837. The molecule has 1 saturated heterocycles. The Balaban J connectivity index is 1.86. The number of likely N-dealkylation sites (tertiary alicyclic amines) is 1. The number of benzene rings is 1. The van der Waals surface area contributed by atoms with Crippen LogP contribution in [0.4, 0.5) is 4.79 Å². The molecule has 2 amide bonds. The molecule has 3 heterocycles. The van der Waals surface area contributed by atoms with Crippen molar-refractivity contribution in [2.75, 3.05) is 13.7 Å². The summed E-state index contributed by atoms with van der Waals surface area (Å²) in [6, 6.07) is 5.44. The lowest BCUT2D eigenvalue weighted by Crippen LogP contribution is -2.58. The van der Waals surface area contributed by atoms with Crippen molar-refractivity contribution >= 4 is 63.7 Å². The Bertz CT molecular complexity index is 1280. The van der Waals surface area contributed by atoms with Crippen LogP contribution in [0.5, 0.6) is 0 Å². The van der Waals surface area contributed by atoms with Crippen LogP contribution in [0.2, 0.25) is 0 Å². The Morgan fingerprint density at radius 2 is 1.79 bits per heavy atom. The highest BCUT2D eigenvalue weighted by molar-refractivity contribution is 6.68. The van der Waals surface area contributed by atoms with Gasteiger partial charge >= 0.3 is 12.1 Å². The van der Waals surface area contributed by atoms with Crippen molar-refractivity contribution < 1.29 is 23.9 Å². The second kappa shape index (κ2) is 10.6. The van der Waals surface area contributed by atoms with E-state index in [-0.39, 0.29) is 12.3 Å². The summed E-state index contributed by atoms with van der Waals surface area (Å²) in [4.78, 5) is 46.9. The number of nitrogens with zero attached hydrogens (tertiary/aromatic N) is 2. The van der Waals surface area contributed by atoms with Gasteiger partial charge in [0.25, 0.3) is 0 Å². The van der Waals surface area contributed by atoms with Gasteiger partial charge in [0.2, 0.25) is 9.70 Å². The molecular formula is C27H32Cl3N3O5. The molecule has 2 aliphatic heterocycles. The van der Waals surface area contributed by atoms with E-state index >= 15 is 0 Å². The number of hydrogen-bond acceptors (Lipinski definition) is 5. The first-order valence-corrected chi connectivity index (χ1v) is 13.6. The first-order valence-electron chi connectivity index (χ1n) is 12.5. The fraction of sp³-hybridized carbons (Fsp3) is 0.519. The molecule has 1 fully saturated rings. The third-order valence-corrected chi connectivity index (χ3v) is 8.56. The van der Waals surface area contributed by atoms with Crippen LogP contribution in [0, 0.1) is 0 Å². The summed E-state index contributed by atoms with van der Waals surface area (Å²) in [5, 5.41) is 0.966. The summed E-state index contributed by atoms with van der Waals surface area (Å²) in [5.41, 5.74) is 2.04. The van der Waals surface area contributed by atoms with Gasteiger partial charge in [0.05, 0.1) is 13.2 Å². The van der Waals surface area contributed by atoms with Crippen LogP contribution in [-0.4, -0.2) is 67.9 Å². The molecule has 1 N–H and O–H groups in total. The molecule has 3 unspecified atom stereocenters. The van der Waals surface area contributed by atoms with E-state index in [1.807, 2.05) is 44.2 Å². The van der Waals surface area contributed by atoms with E-state index in [2.05, 4.69) is 4.98 Å². The second-order valence-corrected chi connectivity index (χ2v) is 12.7. The molecule has 3 atom stereocenters. The normalized spacial score (nSPS) is 21.7. The number of carbonyl (C=O) groups is 3. The molecule has 4 rings (SSSR count). The molecule has 2 aromatic rings. The highest BCUT2D eigenvalue weighted by Gasteiger charge is 2.50. The number of alkyl halides is 3. The van der Waals surface area contributed by atoms with Crippen molar-refractivity contribution in [3.05, 3.63) is 47.2 Å². The minimum atomic E-state index is -1.92. The second-order valence-electron chi connectivity index (χ2n) is 10.5. The summed E-state index contributed by atoms with van der Waals surface area (Å²) in [6.07, 6.45) is 2.46. The van der Waals surface area contributed by atoms with Crippen LogP contribution in [0.25, 0.3) is 10.9 Å². The number of carbonyl (C=O) groups excluding carboxylic acids is 3. The number of para-hydroxylation sites is 1. The fourth-order valence-corrected chi connectivity index (χ4v) is 5.29. The number of halogens is 3. The van der Waals surface area contributed by atoms with Gasteiger partial charge in [0.1, 0.15) is 12.1 Å². The van der Waals surface area contributed by atoms with E-state index in [1.54, 1.807) is 0 Å². The molecule has 0 aliphatic carbocycles. The van der Waals surface area contributed by atoms with Gasteiger partial charge in [0.15, 0.2) is 5.60 Å². The Morgan fingerprint density at radius 3 is 2.42 bits per heavy atom. The number of H-pyrrole nitrogens is 1. The number of hydrogen-bond donors (Lipinski definition) is 1. The molecule has 38 heavy (non-hydrogen) atoms. The number of rotatable bonds is 4. The van der Waals surface area contributed by atoms with Crippen LogP contribution in [0.3, 0.4) is 0 Å². The number of esters is 1. The molecular weight excluding hydrogens is 553 g/mol. The smallest absolute Gasteiger partial charge is 0.411 e. The van der Waals surface area contributed by atoms with Crippen LogP contribution >= 0.6 is 34.8 Å². The lowest BCUT2D eigenvalue weighted by Gasteiger charge is -2.43. The Kier molecular flexibility index (Phi) is 7.99. The van der Waals surface area contributed by atoms with Crippen LogP contribution in [-0.2, 0) is 25.5 Å². The lowest BCUT2D eigenvalue weighted by atomic mass is 9.90. The van der Waals surface area contributed by atoms with Crippen molar-refractivity contribution in [3.8, 4) is 0 Å². The van der Waals surface area contributed by atoms with E-state index in [1.165, 1.54) is 30.8 Å². The number of aromatic amines is 1. The molecule has 0 radical (unpaired) electrons. The lowest BCUT2D eigenvalue weighted by molar-refractivity contribution is -0.153. The van der Waals surface area contributed by atoms with Crippen LogP contribution in [0.1, 0.15) is 57.8 Å². The van der Waals surface area contributed by atoms with Crippen molar-refractivity contribution in [2.24, 2.45) is 0 Å². The molecule has 2 aliphatic rings. The van der Waals surface area contributed by atoms with Gasteiger partial charge in [-0.05, 0) is 52.2 Å². The largest absolute Gasteiger partial charge is 0.467 e. The number of aromatic nitrogens is 1. The Hall–Kier alpha value is -2.42. The molecule has 206 valence electrons. The van der Waals surface area contributed by atoms with E-state index in [0.29, 0.717) is 19.4 Å². The minimum absolute atomic E-state index is 0.221. The van der Waals surface area contributed by atoms with Crippen molar-refractivity contribution in [2.45, 2.75) is 74.5 Å². The summed E-state index contributed by atoms with van der Waals surface area (Å²) in [7, 11) is 1.30. The quantitative estimate of drug-likeness (QED) is 0.276. The maximum absolute atomic E-state index is 14.2. The third kappa shape index (κ3) is 5.23. The average molecular weight is 585 g/mol. The highest BCUT2D eigenvalue weighted by Crippen LogP contribution is 2.44. The molecule has 1 aromatic heterocycles. The Labute approximate surface area is 237 Å². The molecule has 0 saturated carbocycles. The molecule has 0 spiro atoms. The SMILES string of the molecule is COC(=O)C1CCCN1C(=O)C1Cc2c([nH]c3ccccc23)C(C=C(C)C)N1C(=O)OC(C)(C)C(Cl)(Cl)Cl. The predicted molar refractivity (Wildman–Crippen MR) is 147 cm³/mol. The van der Waals surface area contributed by atoms with E-state index in [9.17, 15) is 14.4 Å². The summed E-state index contributed by atoms with van der Waals surface area (Å²) in [6.45, 7) is 7.20. The maximum Gasteiger partial charge on any atom is 0.411 e. The standard InChI is InChI=1S/C27H32Cl3N3O5/c1-15(2)13-20-22-17(16-9-6-7-10-18(16)31-22)14-21(23(34)32-12-8-11-19(32)24(35)37-5)33(20)25(36)38-26(3,4)27(28,29)30/h6-7,9-10,13,19-21,31H,8,11-12,14H2,1-5H3. The topological polar surface area (TPSA) is 91.9 Å². The van der Waals surface area contributed by atoms with Crippen molar-refractivity contribution in [1.29, 1.82) is 0 Å². The van der Waals surface area contributed by atoms with Gasteiger partial charge in [-0.15, -0.1) is 0 Å². The summed E-state index contributed by atoms with van der Waals surface area (Å²) < 4.78 is 8.81. The number of amides is 2. The fourth-order valence-electron chi connectivity index (χ4n) is 5.18. The maximum atomic E-state index is 14.2. The zero-order valence-corrected chi connectivity index (χ0v) is 24.3. The number of methoxy groups -OCH3 is 1. The predicted octanol–water partition coefficient (Wildman–Crippen LogP) is 5.85. The first-order chi connectivity index (χ1) is 17.8. The zero-order chi connectivity index (χ0) is 28.0. The number of allylic oxidation sites excluding steroid dienone is 1. The van der Waals surface area contributed by atoms with Gasteiger partial charge in [-0.25, -0.2) is 9.59 Å².